The Balaban J connectivity index is 1.49. The number of anilines is 1. The van der Waals surface area contributed by atoms with E-state index in [1.807, 2.05) is 30.3 Å². The number of carbonyl (C=O) groups excluding carboxylic acids is 4. The number of aromatic nitrogens is 5. The predicted molar refractivity (Wildman–Crippen MR) is 149 cm³/mol. The summed E-state index contributed by atoms with van der Waals surface area (Å²) >= 11 is 0. The molecule has 0 spiro atoms. The molecule has 222 valence electrons. The van der Waals surface area contributed by atoms with Gasteiger partial charge in [0.25, 0.3) is 5.91 Å². The van der Waals surface area contributed by atoms with Crippen LogP contribution in [0.4, 0.5) is 10.6 Å². The van der Waals surface area contributed by atoms with Crippen molar-refractivity contribution < 1.29 is 28.7 Å². The highest BCUT2D eigenvalue weighted by Gasteiger charge is 2.42. The van der Waals surface area contributed by atoms with Gasteiger partial charge in [-0.15, -0.1) is 10.2 Å². The van der Waals surface area contributed by atoms with E-state index in [1.54, 1.807) is 32.9 Å². The van der Waals surface area contributed by atoms with E-state index in [1.165, 1.54) is 11.1 Å². The van der Waals surface area contributed by atoms with Gasteiger partial charge in [-0.25, -0.2) is 9.78 Å². The van der Waals surface area contributed by atoms with Gasteiger partial charge in [-0.2, -0.15) is 5.21 Å². The van der Waals surface area contributed by atoms with Crippen molar-refractivity contribution in [3.05, 3.63) is 65.6 Å². The molecule has 1 aromatic carbocycles. The van der Waals surface area contributed by atoms with Gasteiger partial charge in [-0.3, -0.25) is 19.3 Å². The third-order valence-corrected chi connectivity index (χ3v) is 6.27. The summed E-state index contributed by atoms with van der Waals surface area (Å²) in [7, 11) is 0. The number of amides is 3. The van der Waals surface area contributed by atoms with Crippen LogP contribution in [-0.2, 0) is 43.3 Å². The van der Waals surface area contributed by atoms with Crippen molar-refractivity contribution in [1.82, 2.24) is 36.2 Å². The molecule has 3 heterocycles. The second kappa shape index (κ2) is 13.7. The molecular weight excluding hydrogens is 544 g/mol. The van der Waals surface area contributed by atoms with Crippen LogP contribution in [0.1, 0.15) is 50.6 Å². The minimum atomic E-state index is -1.20. The number of carbonyl (C=O) groups is 4. The number of hydrogen-bond acceptors (Lipinski definition) is 10. The first-order valence-electron chi connectivity index (χ1n) is 13.6. The highest BCUT2D eigenvalue weighted by atomic mass is 16.6. The van der Waals surface area contributed by atoms with E-state index >= 15 is 0 Å². The first kappa shape index (κ1) is 30.1. The number of rotatable bonds is 11. The fourth-order valence-electron chi connectivity index (χ4n) is 4.37. The Morgan fingerprint density at radius 2 is 1.90 bits per heavy atom. The van der Waals surface area contributed by atoms with Gasteiger partial charge in [-0.05, 0) is 44.4 Å². The van der Waals surface area contributed by atoms with Crippen molar-refractivity contribution in [2.75, 3.05) is 11.4 Å². The molecule has 3 aromatic rings. The summed E-state index contributed by atoms with van der Waals surface area (Å²) in [5, 5.41) is 19.0. The lowest BCUT2D eigenvalue weighted by atomic mass is 10.1. The molecule has 0 aliphatic carbocycles. The smallest absolute Gasteiger partial charge is 0.408 e. The van der Waals surface area contributed by atoms with Gasteiger partial charge in [0.1, 0.15) is 30.1 Å². The number of nitrogens with zero attached hydrogens (tertiary/aromatic N) is 5. The summed E-state index contributed by atoms with van der Waals surface area (Å²) in [6, 6.07) is 10.6. The van der Waals surface area contributed by atoms with Crippen molar-refractivity contribution in [1.29, 1.82) is 0 Å². The molecular formula is C28H34N8O6. The topological polar surface area (TPSA) is 181 Å². The highest BCUT2D eigenvalue weighted by Crippen LogP contribution is 2.31. The first-order chi connectivity index (χ1) is 20.1. The number of nitrogens with one attached hydrogen (secondary N) is 3. The third kappa shape index (κ3) is 8.32. The number of fused-ring (bicyclic) bond motifs is 1. The van der Waals surface area contributed by atoms with Gasteiger partial charge in [0.2, 0.25) is 5.91 Å². The van der Waals surface area contributed by atoms with Crippen molar-refractivity contribution >= 4 is 29.7 Å². The molecule has 14 heteroatoms. The molecule has 0 radical (unpaired) electrons. The van der Waals surface area contributed by atoms with Gasteiger partial charge >= 0.3 is 12.1 Å². The Kier molecular flexibility index (Phi) is 9.78. The fourth-order valence-corrected chi connectivity index (χ4v) is 4.37. The molecule has 1 aliphatic heterocycles. The first-order valence-corrected chi connectivity index (χ1v) is 13.6. The minimum absolute atomic E-state index is 0.0767. The number of alkyl carbamates (subject to hydrolysis) is 1. The van der Waals surface area contributed by atoms with Crippen LogP contribution in [0.2, 0.25) is 0 Å². The monoisotopic (exact) mass is 578 g/mol. The Labute approximate surface area is 242 Å². The molecule has 0 saturated carbocycles. The normalized spacial score (nSPS) is 14.9. The lowest BCUT2D eigenvalue weighted by molar-refractivity contribution is -0.145. The van der Waals surface area contributed by atoms with Crippen molar-refractivity contribution in [3.8, 4) is 0 Å². The minimum Gasteiger partial charge on any atom is -0.461 e. The summed E-state index contributed by atoms with van der Waals surface area (Å²) in [6.45, 7) is 5.38. The molecule has 0 bridgehead atoms. The van der Waals surface area contributed by atoms with Crippen molar-refractivity contribution in [2.45, 2.75) is 70.7 Å². The molecule has 2 atom stereocenters. The number of ether oxygens (including phenoxy) is 2. The van der Waals surface area contributed by atoms with E-state index in [4.69, 9.17) is 9.47 Å². The van der Waals surface area contributed by atoms with Gasteiger partial charge in [-0.1, -0.05) is 41.6 Å². The van der Waals surface area contributed by atoms with Crippen LogP contribution in [0.5, 0.6) is 0 Å². The molecule has 42 heavy (non-hydrogen) atoms. The van der Waals surface area contributed by atoms with E-state index in [0.29, 0.717) is 23.6 Å². The van der Waals surface area contributed by atoms with Crippen molar-refractivity contribution in [2.24, 2.45) is 0 Å². The zero-order valence-corrected chi connectivity index (χ0v) is 23.7. The standard InChI is InChI=1S/C28H34N8O6/c1-28(2,3)42-27(40)31-20(11-12-23(37)41-17-18-8-5-4-6-9-18)26(39)36-21(16-19-10-7-14-29-24(19)36)25(38)30-15-13-22-32-34-35-33-22/h4-10,14,20-21H,11-13,15-17H2,1-3H3,(H,30,38)(H,31,40)(H,32,33,34,35)/t20-,21-/m0/s1. The average molecular weight is 579 g/mol. The molecule has 3 amide bonds. The van der Waals surface area contributed by atoms with Crippen LogP contribution < -0.4 is 15.5 Å². The van der Waals surface area contributed by atoms with Crippen LogP contribution >= 0.6 is 0 Å². The SMILES string of the molecule is CC(C)(C)OC(=O)N[C@@H](CCC(=O)OCc1ccccc1)C(=O)N1c2ncccc2C[C@H]1C(=O)NCCc1nn[nH]n1. The molecule has 2 aromatic heterocycles. The predicted octanol–water partition coefficient (Wildman–Crippen LogP) is 1.63. The quantitative estimate of drug-likeness (QED) is 0.283. The molecule has 4 rings (SSSR count). The third-order valence-electron chi connectivity index (χ3n) is 6.27. The summed E-state index contributed by atoms with van der Waals surface area (Å²) in [5.74, 6) is -0.821. The summed E-state index contributed by atoms with van der Waals surface area (Å²) in [6.07, 6.45) is 0.996. The summed E-state index contributed by atoms with van der Waals surface area (Å²) in [5.41, 5.74) is 0.690. The van der Waals surface area contributed by atoms with E-state index in [9.17, 15) is 19.2 Å². The van der Waals surface area contributed by atoms with E-state index in [-0.39, 0.29) is 32.4 Å². The second-order valence-corrected chi connectivity index (χ2v) is 10.7. The van der Waals surface area contributed by atoms with Crippen LogP contribution in [0, 0.1) is 0 Å². The molecule has 0 fully saturated rings. The van der Waals surface area contributed by atoms with Gasteiger partial charge in [0.15, 0.2) is 5.82 Å². The number of pyridine rings is 1. The Bertz CT molecular complexity index is 1380. The molecule has 0 unspecified atom stereocenters. The largest absolute Gasteiger partial charge is 0.461 e. The number of H-pyrrole nitrogens is 1. The molecule has 0 saturated heterocycles. The summed E-state index contributed by atoms with van der Waals surface area (Å²) < 4.78 is 10.7. The maximum Gasteiger partial charge on any atom is 0.408 e. The van der Waals surface area contributed by atoms with Crippen LogP contribution in [0.25, 0.3) is 0 Å². The highest BCUT2D eigenvalue weighted by molar-refractivity contribution is 6.05. The number of hydrogen-bond donors (Lipinski definition) is 3. The maximum absolute atomic E-state index is 14.0. The lowest BCUT2D eigenvalue weighted by Crippen LogP contribution is -2.55. The molecule has 3 N–H and O–H groups in total. The maximum atomic E-state index is 14.0. The molecule has 14 nitrogen and oxygen atoms in total. The Morgan fingerprint density at radius 1 is 1.12 bits per heavy atom. The summed E-state index contributed by atoms with van der Waals surface area (Å²) in [4.78, 5) is 58.3. The zero-order chi connectivity index (χ0) is 30.1. The lowest BCUT2D eigenvalue weighted by Gasteiger charge is -2.29. The second-order valence-electron chi connectivity index (χ2n) is 10.7. The number of benzene rings is 1. The number of tetrazole rings is 1. The Hall–Kier alpha value is -4.88. The van der Waals surface area contributed by atoms with E-state index < -0.39 is 41.6 Å². The number of aromatic amines is 1. The van der Waals surface area contributed by atoms with Crippen LogP contribution in [0.15, 0.2) is 48.7 Å². The van der Waals surface area contributed by atoms with E-state index in [0.717, 1.165) is 5.56 Å². The van der Waals surface area contributed by atoms with E-state index in [2.05, 4.69) is 36.2 Å². The van der Waals surface area contributed by atoms with Gasteiger partial charge in [0, 0.05) is 32.0 Å². The Morgan fingerprint density at radius 3 is 2.62 bits per heavy atom. The van der Waals surface area contributed by atoms with Gasteiger partial charge < -0.3 is 20.1 Å². The van der Waals surface area contributed by atoms with Crippen LogP contribution in [0.3, 0.4) is 0 Å². The molecule has 1 aliphatic rings. The average Bonchev–Trinajstić information content (AvgIpc) is 3.61. The van der Waals surface area contributed by atoms with Crippen molar-refractivity contribution in [3.63, 3.8) is 0 Å². The van der Waals surface area contributed by atoms with Gasteiger partial charge in [0.05, 0.1) is 0 Å². The number of esters is 1. The fraction of sp³-hybridized carbons (Fsp3) is 0.429. The van der Waals surface area contributed by atoms with Crippen LogP contribution in [-0.4, -0.2) is 73.7 Å². The zero-order valence-electron chi connectivity index (χ0n) is 23.7.